The number of nitrogens with one attached hydrogen (secondary N) is 1. The summed E-state index contributed by atoms with van der Waals surface area (Å²) < 4.78 is 58.4. The van der Waals surface area contributed by atoms with E-state index in [1.807, 2.05) is 0 Å². The second-order valence-electron chi connectivity index (χ2n) is 6.59. The zero-order chi connectivity index (χ0) is 26.0. The Morgan fingerprint density at radius 1 is 1.29 bits per heavy atom. The third-order valence-electron chi connectivity index (χ3n) is 4.17. The highest BCUT2D eigenvalue weighted by Crippen LogP contribution is 2.66. The molecule has 35 heavy (non-hydrogen) atoms. The minimum absolute atomic E-state index is 0.00871. The third kappa shape index (κ3) is 7.39. The van der Waals surface area contributed by atoms with Gasteiger partial charge in [0.2, 0.25) is 5.95 Å². The summed E-state index contributed by atoms with van der Waals surface area (Å²) in [5.74, 6) is -0.206. The van der Waals surface area contributed by atoms with Gasteiger partial charge in [0.1, 0.15) is 19.1 Å². The summed E-state index contributed by atoms with van der Waals surface area (Å²) in [7, 11) is -16.7. The van der Waals surface area contributed by atoms with Gasteiger partial charge in [-0.2, -0.15) is 13.6 Å². The number of fused-ring (bicyclic) bond motifs is 1. The van der Waals surface area contributed by atoms with Gasteiger partial charge in [-0.3, -0.25) is 18.9 Å². The number of rotatable bonds is 11. The summed E-state index contributed by atoms with van der Waals surface area (Å²) in [5, 5.41) is 3.20. The first kappa shape index (κ1) is 27.4. The van der Waals surface area contributed by atoms with E-state index in [9.17, 15) is 28.3 Å². The second-order valence-corrected chi connectivity index (χ2v) is 11.0. The quantitative estimate of drug-likeness (QED) is 0.0907. The molecule has 0 bridgehead atoms. The van der Waals surface area contributed by atoms with Gasteiger partial charge in [-0.1, -0.05) is 5.11 Å². The molecule has 21 nitrogen and oxygen atoms in total. The number of nitrogen functional groups attached to an aromatic ring is 1. The number of phosphoric ester groups is 1. The first-order chi connectivity index (χ1) is 16.2. The molecule has 0 aliphatic carbocycles. The van der Waals surface area contributed by atoms with Gasteiger partial charge in [-0.25, -0.2) is 18.7 Å². The van der Waals surface area contributed by atoms with Crippen molar-refractivity contribution in [2.45, 2.75) is 24.9 Å². The number of ether oxygens (including phenoxy) is 2. The Kier molecular flexibility index (Phi) is 8.15. The topological polar surface area (TPSA) is 317 Å². The van der Waals surface area contributed by atoms with Gasteiger partial charge in [0.25, 0.3) is 5.56 Å². The van der Waals surface area contributed by atoms with Crippen LogP contribution in [-0.2, 0) is 36.3 Å². The zero-order valence-corrected chi connectivity index (χ0v) is 19.7. The van der Waals surface area contributed by atoms with Gasteiger partial charge in [0.05, 0.1) is 19.0 Å². The Morgan fingerprint density at radius 3 is 2.66 bits per heavy atom. The molecule has 3 heterocycles. The molecule has 24 heteroatoms. The van der Waals surface area contributed by atoms with E-state index in [0.29, 0.717) is 0 Å². The van der Waals surface area contributed by atoms with Crippen molar-refractivity contribution in [3.8, 4) is 0 Å². The van der Waals surface area contributed by atoms with Crippen LogP contribution in [-0.4, -0.2) is 64.6 Å². The molecular formula is C11H17N8O13P3. The lowest BCUT2D eigenvalue weighted by Gasteiger charge is -2.20. The number of imidazole rings is 1. The van der Waals surface area contributed by atoms with E-state index in [2.05, 4.69) is 38.1 Å². The first-order valence-electron chi connectivity index (χ1n) is 8.98. The number of azide groups is 1. The standard InChI is InChI=1S/C11H17N8O13P3/c12-11-16-9-8(10(20)17-11)14-3-19(9)7-1-5(28-4-15-18-13)6(30-7)2-29-34(24,25)32-35(26,27)31-33(21,22)23/h3,5-7H,1-2,4H2,(H,24,25)(H,26,27)(H2,21,22,23)(H3,12,16,17,20)/t5-,6+,7+/m0/s1. The molecule has 2 unspecified atom stereocenters. The lowest BCUT2D eigenvalue weighted by Crippen LogP contribution is -2.29. The van der Waals surface area contributed by atoms with Gasteiger partial charge in [0, 0.05) is 11.3 Å². The molecule has 1 aliphatic rings. The average Bonchev–Trinajstić information content (AvgIpc) is 3.28. The van der Waals surface area contributed by atoms with Crippen LogP contribution in [0.25, 0.3) is 21.6 Å². The van der Waals surface area contributed by atoms with E-state index in [1.54, 1.807) is 0 Å². The van der Waals surface area contributed by atoms with E-state index in [4.69, 9.17) is 30.5 Å². The van der Waals surface area contributed by atoms with Crippen LogP contribution in [0, 0.1) is 0 Å². The monoisotopic (exact) mass is 562 g/mol. The largest absolute Gasteiger partial charge is 0.490 e. The molecule has 0 saturated carbocycles. The number of nitrogens with zero attached hydrogens (tertiary/aromatic N) is 6. The summed E-state index contributed by atoms with van der Waals surface area (Å²) in [5.41, 5.74) is 13.3. The minimum atomic E-state index is -5.72. The van der Waals surface area contributed by atoms with Gasteiger partial charge >= 0.3 is 23.5 Å². The van der Waals surface area contributed by atoms with Crippen molar-refractivity contribution < 1.29 is 55.9 Å². The van der Waals surface area contributed by atoms with Gasteiger partial charge < -0.3 is 34.8 Å². The van der Waals surface area contributed by atoms with E-state index < -0.39 is 60.8 Å². The molecule has 0 aromatic carbocycles. The predicted octanol–water partition coefficient (Wildman–Crippen LogP) is -0.0144. The lowest BCUT2D eigenvalue weighted by atomic mass is 10.2. The van der Waals surface area contributed by atoms with Crippen molar-refractivity contribution in [3.05, 3.63) is 27.1 Å². The fourth-order valence-corrected chi connectivity index (χ4v) is 6.01. The summed E-state index contributed by atoms with van der Waals surface area (Å²) in [4.78, 5) is 60.7. The summed E-state index contributed by atoms with van der Waals surface area (Å²) in [6, 6.07) is 0. The maximum absolute atomic E-state index is 12.0. The van der Waals surface area contributed by atoms with Crippen molar-refractivity contribution in [2.24, 2.45) is 5.11 Å². The van der Waals surface area contributed by atoms with E-state index in [0.717, 1.165) is 0 Å². The highest BCUT2D eigenvalue weighted by Gasteiger charge is 2.43. The molecule has 1 aliphatic heterocycles. The molecule has 0 amide bonds. The lowest BCUT2D eigenvalue weighted by molar-refractivity contribution is -0.0583. The number of hydrogen-bond acceptors (Lipinski definition) is 13. The fraction of sp³-hybridized carbons (Fsp3) is 0.545. The number of anilines is 1. The molecule has 2 aromatic heterocycles. The van der Waals surface area contributed by atoms with Crippen molar-refractivity contribution in [1.29, 1.82) is 0 Å². The Hall–Kier alpha value is -2.21. The first-order valence-corrected chi connectivity index (χ1v) is 13.5. The van der Waals surface area contributed by atoms with E-state index >= 15 is 0 Å². The summed E-state index contributed by atoms with van der Waals surface area (Å²) in [6.07, 6.45) is -1.90. The van der Waals surface area contributed by atoms with Crippen LogP contribution in [0.5, 0.6) is 0 Å². The summed E-state index contributed by atoms with van der Waals surface area (Å²) in [6.45, 7) is -1.30. The number of H-pyrrole nitrogens is 1. The molecule has 2 aromatic rings. The normalized spacial score (nSPS) is 24.1. The average molecular weight is 562 g/mol. The van der Waals surface area contributed by atoms with E-state index in [-0.39, 0.29) is 23.5 Å². The minimum Gasteiger partial charge on any atom is -0.369 e. The van der Waals surface area contributed by atoms with Crippen LogP contribution >= 0.6 is 23.5 Å². The van der Waals surface area contributed by atoms with Crippen LogP contribution in [0.3, 0.4) is 0 Å². The number of phosphoric acid groups is 3. The maximum Gasteiger partial charge on any atom is 0.490 e. The molecule has 0 spiro atoms. The molecule has 1 fully saturated rings. The van der Waals surface area contributed by atoms with Crippen LogP contribution < -0.4 is 11.3 Å². The Morgan fingerprint density at radius 2 is 2.00 bits per heavy atom. The fourth-order valence-electron chi connectivity index (χ4n) is 2.98. The Labute approximate surface area is 192 Å². The van der Waals surface area contributed by atoms with Crippen LogP contribution in [0.4, 0.5) is 5.95 Å². The molecule has 7 N–H and O–H groups in total. The summed E-state index contributed by atoms with van der Waals surface area (Å²) >= 11 is 0. The molecular weight excluding hydrogens is 545 g/mol. The number of hydrogen-bond donors (Lipinski definition) is 6. The second kappa shape index (κ2) is 10.4. The van der Waals surface area contributed by atoms with E-state index in [1.165, 1.54) is 10.9 Å². The van der Waals surface area contributed by atoms with Crippen molar-refractivity contribution in [3.63, 3.8) is 0 Å². The number of nitrogens with two attached hydrogens (primary N) is 1. The predicted molar refractivity (Wildman–Crippen MR) is 110 cm³/mol. The third-order valence-corrected chi connectivity index (χ3v) is 7.97. The van der Waals surface area contributed by atoms with Crippen molar-refractivity contribution in [2.75, 3.05) is 19.1 Å². The molecule has 3 rings (SSSR count). The van der Waals surface area contributed by atoms with Crippen molar-refractivity contribution >= 4 is 40.6 Å². The van der Waals surface area contributed by atoms with Crippen molar-refractivity contribution in [1.82, 2.24) is 19.5 Å². The van der Waals surface area contributed by atoms with Gasteiger partial charge in [-0.15, -0.1) is 0 Å². The maximum atomic E-state index is 12.0. The molecule has 194 valence electrons. The van der Waals surface area contributed by atoms with Crippen LogP contribution in [0.15, 0.2) is 16.2 Å². The van der Waals surface area contributed by atoms with Gasteiger partial charge in [-0.05, 0) is 5.53 Å². The molecule has 5 atom stereocenters. The number of aromatic nitrogens is 4. The molecule has 1 saturated heterocycles. The smallest absolute Gasteiger partial charge is 0.369 e. The van der Waals surface area contributed by atoms with Crippen LogP contribution in [0.1, 0.15) is 12.6 Å². The highest BCUT2D eigenvalue weighted by atomic mass is 31.3. The molecule has 0 radical (unpaired) electrons. The SMILES string of the molecule is [N-]=[N+]=NCO[C@H]1C[C@H](n2cnc3c(=O)[nH]c(N)nc32)O[C@@H]1COP(=O)(O)OP(=O)(O)OP(=O)(O)O. The highest BCUT2D eigenvalue weighted by molar-refractivity contribution is 7.66. The van der Waals surface area contributed by atoms with Crippen LogP contribution in [0.2, 0.25) is 0 Å². The zero-order valence-electron chi connectivity index (χ0n) is 17.0. The Bertz CT molecular complexity index is 1330. The van der Waals surface area contributed by atoms with Gasteiger partial charge in [0.15, 0.2) is 11.2 Å². The Balaban J connectivity index is 1.76. The number of aromatic amines is 1.